The molecule has 0 saturated carbocycles. The van der Waals surface area contributed by atoms with E-state index in [0.29, 0.717) is 29.4 Å². The maximum atomic E-state index is 13.9. The molecule has 1 aliphatic carbocycles. The van der Waals surface area contributed by atoms with Gasteiger partial charge in [-0.15, -0.1) is 0 Å². The summed E-state index contributed by atoms with van der Waals surface area (Å²) in [6, 6.07) is 20.4. The van der Waals surface area contributed by atoms with Crippen LogP contribution < -0.4 is 14.9 Å². The number of hydrogen-bond acceptors (Lipinski definition) is 3. The topological polar surface area (TPSA) is 34.4 Å². The molecule has 1 unspecified atom stereocenters. The molecule has 0 spiro atoms. The first kappa shape index (κ1) is 25.7. The van der Waals surface area contributed by atoms with E-state index in [1.54, 1.807) is 22.8 Å². The zero-order valence-corrected chi connectivity index (χ0v) is 23.8. The van der Waals surface area contributed by atoms with Crippen LogP contribution in [0.5, 0.6) is 0 Å². The van der Waals surface area contributed by atoms with Crippen molar-refractivity contribution >= 4 is 69.9 Å². The lowest BCUT2D eigenvalue weighted by Gasteiger charge is -2.31. The summed E-state index contributed by atoms with van der Waals surface area (Å²) in [4.78, 5) is 19.6. The molecule has 0 N–H and O–H groups in total. The van der Waals surface area contributed by atoms with Crippen LogP contribution in [0.2, 0.25) is 20.1 Å². The van der Waals surface area contributed by atoms with Crippen LogP contribution in [-0.4, -0.2) is 4.57 Å². The quantitative estimate of drug-likeness (QED) is 0.235. The van der Waals surface area contributed by atoms with Crippen LogP contribution in [0.25, 0.3) is 12.2 Å². The summed E-state index contributed by atoms with van der Waals surface area (Å²) in [7, 11) is 0. The molecule has 2 aliphatic rings. The number of allylic oxidation sites excluding steroid dienone is 2. The summed E-state index contributed by atoms with van der Waals surface area (Å²) in [6.45, 7) is 0. The molecule has 0 radical (unpaired) electrons. The smallest absolute Gasteiger partial charge is 0.271 e. The minimum Gasteiger partial charge on any atom is -0.272 e. The summed E-state index contributed by atoms with van der Waals surface area (Å²) in [5.74, 6) is 0. The predicted octanol–water partition coefficient (Wildman–Crippen LogP) is 8.10. The zero-order valence-electron chi connectivity index (χ0n) is 19.9. The molecule has 0 fully saturated rings. The van der Waals surface area contributed by atoms with Crippen LogP contribution in [0.1, 0.15) is 42.0 Å². The van der Waals surface area contributed by atoms with Crippen molar-refractivity contribution in [2.45, 2.75) is 25.3 Å². The second-order valence-corrected chi connectivity index (χ2v) is 11.9. The largest absolute Gasteiger partial charge is 0.272 e. The summed E-state index contributed by atoms with van der Waals surface area (Å²) in [5.41, 5.74) is 5.53. The highest BCUT2D eigenvalue weighted by molar-refractivity contribution is 7.07. The number of benzene rings is 3. The van der Waals surface area contributed by atoms with Crippen LogP contribution in [0, 0.1) is 0 Å². The number of halogens is 4. The van der Waals surface area contributed by atoms with Crippen molar-refractivity contribution in [3.05, 3.63) is 140 Å². The zero-order chi connectivity index (χ0) is 26.4. The van der Waals surface area contributed by atoms with Gasteiger partial charge in [0.15, 0.2) is 4.80 Å². The molecule has 6 rings (SSSR count). The minimum atomic E-state index is -0.354. The molecule has 0 bridgehead atoms. The molecule has 8 heteroatoms. The second kappa shape index (κ2) is 10.5. The number of fused-ring (bicyclic) bond motifs is 1. The van der Waals surface area contributed by atoms with E-state index in [9.17, 15) is 4.79 Å². The summed E-state index contributed by atoms with van der Waals surface area (Å²) < 4.78 is 2.32. The summed E-state index contributed by atoms with van der Waals surface area (Å²) in [5, 5.41) is 2.33. The number of nitrogens with zero attached hydrogens (tertiary/aromatic N) is 2. The summed E-state index contributed by atoms with van der Waals surface area (Å²) >= 11 is 27.1. The third kappa shape index (κ3) is 4.70. The van der Waals surface area contributed by atoms with Gasteiger partial charge >= 0.3 is 0 Å². The van der Waals surface area contributed by atoms with Crippen molar-refractivity contribution in [3.63, 3.8) is 0 Å². The molecule has 0 amide bonds. The lowest BCUT2D eigenvalue weighted by Crippen LogP contribution is -2.39. The van der Waals surface area contributed by atoms with Gasteiger partial charge in [0.2, 0.25) is 0 Å². The monoisotopic (exact) mass is 596 g/mol. The number of hydrogen-bond donors (Lipinski definition) is 0. The SMILES string of the molecule is O=c1c(=Cc2ccc(Cl)cc2Cl)sc2n1C(c1ccccc1Cl)C1=C(N=2)C(=Cc2ccccc2Cl)CCC1. The van der Waals surface area contributed by atoms with Crippen LogP contribution in [0.15, 0.2) is 93.4 Å². The molecular formula is C30H20Cl4N2OS. The normalized spacial score (nSPS) is 18.4. The highest BCUT2D eigenvalue weighted by Gasteiger charge is 2.33. The van der Waals surface area contributed by atoms with Gasteiger partial charge in [-0.2, -0.15) is 0 Å². The van der Waals surface area contributed by atoms with E-state index in [4.69, 9.17) is 51.4 Å². The van der Waals surface area contributed by atoms with Crippen LogP contribution in [-0.2, 0) is 0 Å². The van der Waals surface area contributed by atoms with Gasteiger partial charge in [-0.05, 0) is 83.5 Å². The lowest BCUT2D eigenvalue weighted by molar-refractivity contribution is 0.553. The molecule has 3 nitrogen and oxygen atoms in total. The highest BCUT2D eigenvalue weighted by Crippen LogP contribution is 2.42. The Morgan fingerprint density at radius 2 is 1.58 bits per heavy atom. The maximum absolute atomic E-state index is 13.9. The Balaban J connectivity index is 1.61. The fourth-order valence-corrected chi connectivity index (χ4v) is 6.95. The number of thiazole rings is 1. The lowest BCUT2D eigenvalue weighted by atomic mass is 9.84. The van der Waals surface area contributed by atoms with E-state index in [0.717, 1.165) is 52.8 Å². The van der Waals surface area contributed by atoms with Gasteiger partial charge in [0.05, 0.1) is 16.3 Å². The van der Waals surface area contributed by atoms with Crippen molar-refractivity contribution in [2.24, 2.45) is 4.99 Å². The fourth-order valence-electron chi connectivity index (χ4n) is 5.07. The summed E-state index contributed by atoms with van der Waals surface area (Å²) in [6.07, 6.45) is 6.55. The Bertz CT molecular complexity index is 1830. The Labute approximate surface area is 243 Å². The van der Waals surface area contributed by atoms with Crippen molar-refractivity contribution in [1.82, 2.24) is 4.57 Å². The first-order chi connectivity index (χ1) is 18.4. The third-order valence-corrected chi connectivity index (χ3v) is 9.05. The van der Waals surface area contributed by atoms with E-state index in [1.165, 1.54) is 11.3 Å². The molecule has 2 heterocycles. The standard InChI is InChI=1S/C30H20Cl4N2OS/c31-20-13-12-18(25(34)16-20)15-26-29(37)36-28(21-8-2-4-11-24(21)33)22-9-5-7-19(27(22)35-30(36)38-26)14-17-6-1-3-10-23(17)32/h1-4,6,8,10-16,28H,5,7,9H2. The van der Waals surface area contributed by atoms with Gasteiger partial charge in [0.1, 0.15) is 0 Å². The van der Waals surface area contributed by atoms with Crippen LogP contribution >= 0.6 is 57.7 Å². The van der Waals surface area contributed by atoms with Gasteiger partial charge in [0, 0.05) is 20.1 Å². The Hall–Kier alpha value is -2.60. The molecule has 0 saturated heterocycles. The Kier molecular flexibility index (Phi) is 7.10. The van der Waals surface area contributed by atoms with Crippen molar-refractivity contribution in [2.75, 3.05) is 0 Å². The van der Waals surface area contributed by atoms with Crippen molar-refractivity contribution in [3.8, 4) is 0 Å². The molecule has 1 aliphatic heterocycles. The van der Waals surface area contributed by atoms with E-state index in [2.05, 4.69) is 6.08 Å². The molecule has 190 valence electrons. The van der Waals surface area contributed by atoms with E-state index >= 15 is 0 Å². The molecular weight excluding hydrogens is 578 g/mol. The first-order valence-electron chi connectivity index (χ1n) is 12.1. The van der Waals surface area contributed by atoms with Crippen LogP contribution in [0.4, 0.5) is 0 Å². The van der Waals surface area contributed by atoms with Crippen molar-refractivity contribution in [1.29, 1.82) is 0 Å². The van der Waals surface area contributed by atoms with Gasteiger partial charge in [-0.3, -0.25) is 9.36 Å². The van der Waals surface area contributed by atoms with Gasteiger partial charge < -0.3 is 0 Å². The van der Waals surface area contributed by atoms with Crippen molar-refractivity contribution < 1.29 is 0 Å². The number of aromatic nitrogens is 1. The van der Waals surface area contributed by atoms with E-state index in [-0.39, 0.29) is 11.6 Å². The van der Waals surface area contributed by atoms with Gasteiger partial charge in [-0.25, -0.2) is 4.99 Å². The minimum absolute atomic E-state index is 0.126. The molecule has 4 aromatic rings. The molecule has 38 heavy (non-hydrogen) atoms. The molecule has 1 aromatic heterocycles. The Morgan fingerprint density at radius 1 is 0.842 bits per heavy atom. The van der Waals surface area contributed by atoms with Gasteiger partial charge in [-0.1, -0.05) is 100 Å². The highest BCUT2D eigenvalue weighted by atomic mass is 35.5. The molecule has 3 aromatic carbocycles. The van der Waals surface area contributed by atoms with Crippen LogP contribution in [0.3, 0.4) is 0 Å². The fraction of sp³-hybridized carbons (Fsp3) is 0.133. The first-order valence-corrected chi connectivity index (χ1v) is 14.4. The average molecular weight is 598 g/mol. The third-order valence-electron chi connectivity index (χ3n) is 6.82. The Morgan fingerprint density at radius 3 is 2.34 bits per heavy atom. The van der Waals surface area contributed by atoms with E-state index < -0.39 is 0 Å². The average Bonchev–Trinajstić information content (AvgIpc) is 3.21. The second-order valence-electron chi connectivity index (χ2n) is 9.19. The predicted molar refractivity (Wildman–Crippen MR) is 159 cm³/mol. The van der Waals surface area contributed by atoms with Gasteiger partial charge in [0.25, 0.3) is 5.56 Å². The molecule has 1 atom stereocenters. The van der Waals surface area contributed by atoms with E-state index in [1.807, 2.05) is 54.6 Å². The number of rotatable bonds is 3. The maximum Gasteiger partial charge on any atom is 0.271 e.